The van der Waals surface area contributed by atoms with Crippen molar-refractivity contribution in [3.05, 3.63) is 86.9 Å². The molecule has 0 radical (unpaired) electrons. The number of para-hydroxylation sites is 1. The average Bonchev–Trinajstić information content (AvgIpc) is 3.57. The van der Waals surface area contributed by atoms with Crippen LogP contribution >= 0.6 is 11.3 Å². The number of aryl methyl sites for hydroxylation is 1. The standard InChI is InChI=1S/C31H25N5O3S/c1-18-7-9-23-26(13-18)40-31-27(23)30(37)33-29(34-31)20(16-32)14-21-17-36(22-5-3-2-4-6-22)35-28(21)19-8-10-24-25(15-19)39-12-11-38-24/h2-6,8,10,14-15,17-18H,7,9,11-13H2,1H3,(H,33,34,37)/b20-14+. The SMILES string of the molecule is CC1CCc2c(sc3nc(/C(C#N)=C/c4cn(-c5ccccc5)nc4-c4ccc5c(c4)OCCO5)[nH]c(=O)c23)C1. The molecule has 1 atom stereocenters. The number of ether oxygens (including phenoxy) is 2. The van der Waals surface area contributed by atoms with Gasteiger partial charge in [0.05, 0.1) is 16.6 Å². The Morgan fingerprint density at radius 2 is 2.00 bits per heavy atom. The van der Waals surface area contributed by atoms with Gasteiger partial charge in [-0.3, -0.25) is 4.79 Å². The quantitative estimate of drug-likeness (QED) is 0.285. The molecule has 0 bridgehead atoms. The van der Waals surface area contributed by atoms with Crippen LogP contribution in [0.5, 0.6) is 11.5 Å². The first-order valence-corrected chi connectivity index (χ1v) is 14.1. The first kappa shape index (κ1) is 24.4. The molecule has 0 saturated heterocycles. The van der Waals surface area contributed by atoms with Crippen LogP contribution in [0.25, 0.3) is 38.8 Å². The Morgan fingerprint density at radius 1 is 1.18 bits per heavy atom. The number of thiophene rings is 1. The highest BCUT2D eigenvalue weighted by molar-refractivity contribution is 7.18. The molecule has 0 amide bonds. The molecule has 2 aliphatic rings. The zero-order chi connectivity index (χ0) is 27.2. The van der Waals surface area contributed by atoms with Crippen molar-refractivity contribution in [2.75, 3.05) is 13.2 Å². The molecular formula is C31H25N5O3S. The Morgan fingerprint density at radius 3 is 2.83 bits per heavy atom. The van der Waals surface area contributed by atoms with Crippen LogP contribution in [0.1, 0.15) is 35.2 Å². The summed E-state index contributed by atoms with van der Waals surface area (Å²) in [6.45, 7) is 3.23. The number of nitriles is 1. The Hall–Kier alpha value is -4.68. The van der Waals surface area contributed by atoms with Crippen LogP contribution in [0.3, 0.4) is 0 Å². The predicted octanol–water partition coefficient (Wildman–Crippen LogP) is 5.80. The van der Waals surface area contributed by atoms with E-state index in [0.29, 0.717) is 52.1 Å². The van der Waals surface area contributed by atoms with Crippen molar-refractivity contribution in [3.8, 4) is 34.5 Å². The fraction of sp³-hybridized carbons (Fsp3) is 0.226. The van der Waals surface area contributed by atoms with Gasteiger partial charge < -0.3 is 14.5 Å². The minimum absolute atomic E-state index is 0.194. The smallest absolute Gasteiger partial charge is 0.260 e. The Bertz CT molecular complexity index is 1890. The predicted molar refractivity (Wildman–Crippen MR) is 155 cm³/mol. The summed E-state index contributed by atoms with van der Waals surface area (Å²) in [7, 11) is 0. The molecule has 0 fully saturated rings. The van der Waals surface area contributed by atoms with Crippen LogP contribution < -0.4 is 15.0 Å². The zero-order valence-electron chi connectivity index (χ0n) is 21.8. The number of hydrogen-bond donors (Lipinski definition) is 1. The monoisotopic (exact) mass is 547 g/mol. The van der Waals surface area contributed by atoms with E-state index in [0.717, 1.165) is 36.1 Å². The number of nitrogens with one attached hydrogen (secondary N) is 1. The first-order valence-electron chi connectivity index (χ1n) is 13.3. The van der Waals surface area contributed by atoms with Gasteiger partial charge in [-0.1, -0.05) is 25.1 Å². The number of fused-ring (bicyclic) bond motifs is 4. The lowest BCUT2D eigenvalue weighted by Gasteiger charge is -2.18. The van der Waals surface area contributed by atoms with E-state index in [2.05, 4.69) is 18.0 Å². The second-order valence-corrected chi connectivity index (χ2v) is 11.3. The van der Waals surface area contributed by atoms with E-state index in [-0.39, 0.29) is 17.0 Å². The summed E-state index contributed by atoms with van der Waals surface area (Å²) in [4.78, 5) is 22.8. The molecule has 198 valence electrons. The van der Waals surface area contributed by atoms with Crippen molar-refractivity contribution in [1.29, 1.82) is 5.26 Å². The van der Waals surface area contributed by atoms with Crippen LogP contribution in [0.15, 0.2) is 59.5 Å². The van der Waals surface area contributed by atoms with Crippen molar-refractivity contribution in [2.24, 2.45) is 5.92 Å². The highest BCUT2D eigenvalue weighted by atomic mass is 32.1. The molecule has 40 heavy (non-hydrogen) atoms. The van der Waals surface area contributed by atoms with Gasteiger partial charge in [0.25, 0.3) is 5.56 Å². The van der Waals surface area contributed by atoms with Crippen LogP contribution in [-0.2, 0) is 12.8 Å². The van der Waals surface area contributed by atoms with Crippen LogP contribution in [0, 0.1) is 17.2 Å². The van der Waals surface area contributed by atoms with Crippen molar-refractivity contribution in [3.63, 3.8) is 0 Å². The van der Waals surface area contributed by atoms with Gasteiger partial charge in [-0.15, -0.1) is 11.3 Å². The number of hydrogen-bond acceptors (Lipinski definition) is 7. The van der Waals surface area contributed by atoms with Crippen LogP contribution in [-0.4, -0.2) is 33.0 Å². The summed E-state index contributed by atoms with van der Waals surface area (Å²) < 4.78 is 13.3. The third-order valence-electron chi connectivity index (χ3n) is 7.42. The number of H-pyrrole nitrogens is 1. The lowest BCUT2D eigenvalue weighted by molar-refractivity contribution is 0.171. The fourth-order valence-electron chi connectivity index (χ4n) is 5.41. The molecular weight excluding hydrogens is 522 g/mol. The number of aromatic amines is 1. The highest BCUT2D eigenvalue weighted by Crippen LogP contribution is 2.38. The summed E-state index contributed by atoms with van der Waals surface area (Å²) >= 11 is 1.57. The van der Waals surface area contributed by atoms with Gasteiger partial charge >= 0.3 is 0 Å². The molecule has 3 aromatic heterocycles. The van der Waals surface area contributed by atoms with E-state index < -0.39 is 0 Å². The molecule has 1 aliphatic carbocycles. The number of aromatic nitrogens is 4. The van der Waals surface area contributed by atoms with Gasteiger partial charge in [-0.25, -0.2) is 9.67 Å². The molecule has 7 rings (SSSR count). The van der Waals surface area contributed by atoms with E-state index in [1.165, 1.54) is 4.88 Å². The maximum atomic E-state index is 13.2. The Balaban J connectivity index is 1.36. The molecule has 1 unspecified atom stereocenters. The molecule has 1 N–H and O–H groups in total. The number of allylic oxidation sites excluding steroid dienone is 1. The molecule has 0 saturated carbocycles. The highest BCUT2D eigenvalue weighted by Gasteiger charge is 2.24. The third-order valence-corrected chi connectivity index (χ3v) is 8.57. The van der Waals surface area contributed by atoms with Crippen LogP contribution in [0.2, 0.25) is 0 Å². The normalized spacial score (nSPS) is 16.5. The lowest BCUT2D eigenvalue weighted by Crippen LogP contribution is -2.15. The van der Waals surface area contributed by atoms with Crippen molar-refractivity contribution in [2.45, 2.75) is 26.2 Å². The van der Waals surface area contributed by atoms with Gasteiger partial charge in [-0.2, -0.15) is 10.4 Å². The molecule has 8 nitrogen and oxygen atoms in total. The van der Waals surface area contributed by atoms with Gasteiger partial charge in [0.15, 0.2) is 17.3 Å². The minimum atomic E-state index is -0.194. The Kier molecular flexibility index (Phi) is 5.98. The van der Waals surface area contributed by atoms with E-state index >= 15 is 0 Å². The van der Waals surface area contributed by atoms with Gasteiger partial charge in [0.1, 0.15) is 29.8 Å². The first-order chi connectivity index (χ1) is 19.6. The van der Waals surface area contributed by atoms with E-state index in [9.17, 15) is 10.1 Å². The summed E-state index contributed by atoms with van der Waals surface area (Å²) in [6, 6.07) is 17.7. The molecule has 4 heterocycles. The summed E-state index contributed by atoms with van der Waals surface area (Å²) in [6.07, 6.45) is 6.53. The molecule has 0 spiro atoms. The molecule has 9 heteroatoms. The minimum Gasteiger partial charge on any atom is -0.486 e. The number of rotatable bonds is 4. The van der Waals surface area contributed by atoms with Crippen molar-refractivity contribution >= 4 is 33.2 Å². The molecule has 5 aromatic rings. The second kappa shape index (κ2) is 9.81. The molecule has 1 aliphatic heterocycles. The maximum Gasteiger partial charge on any atom is 0.260 e. The zero-order valence-corrected chi connectivity index (χ0v) is 22.6. The van der Waals surface area contributed by atoms with Gasteiger partial charge in [-0.05, 0) is 67.2 Å². The fourth-order valence-corrected chi connectivity index (χ4v) is 6.79. The van der Waals surface area contributed by atoms with E-state index in [1.54, 1.807) is 22.1 Å². The topological polar surface area (TPSA) is 106 Å². The van der Waals surface area contributed by atoms with Gasteiger partial charge in [0, 0.05) is 22.2 Å². The molecule has 2 aromatic carbocycles. The summed E-state index contributed by atoms with van der Waals surface area (Å²) in [5, 5.41) is 15.7. The van der Waals surface area contributed by atoms with Gasteiger partial charge in [0.2, 0.25) is 0 Å². The Labute approximate surface area is 234 Å². The van der Waals surface area contributed by atoms with Crippen LogP contribution in [0.4, 0.5) is 0 Å². The van der Waals surface area contributed by atoms with Crippen molar-refractivity contribution < 1.29 is 9.47 Å². The summed E-state index contributed by atoms with van der Waals surface area (Å²) in [5.41, 5.74) is 4.25. The average molecular weight is 548 g/mol. The number of benzene rings is 2. The van der Waals surface area contributed by atoms with E-state index in [1.807, 2.05) is 54.7 Å². The largest absolute Gasteiger partial charge is 0.486 e. The lowest BCUT2D eigenvalue weighted by atomic mass is 9.89. The maximum absolute atomic E-state index is 13.2. The third kappa shape index (κ3) is 4.27. The van der Waals surface area contributed by atoms with Crippen molar-refractivity contribution in [1.82, 2.24) is 19.7 Å². The van der Waals surface area contributed by atoms with E-state index in [4.69, 9.17) is 19.6 Å². The number of nitrogens with zero attached hydrogens (tertiary/aromatic N) is 4. The second-order valence-electron chi connectivity index (χ2n) is 10.2. The summed E-state index contributed by atoms with van der Waals surface area (Å²) in [5.74, 6) is 2.19.